The molecule has 94 valence electrons. The molecular weight excluding hydrogens is 236 g/mol. The van der Waals surface area contributed by atoms with Gasteiger partial charge in [0, 0.05) is 17.1 Å². The molecule has 1 aliphatic rings. The molecular formula is C13H19ClN2O. The highest BCUT2D eigenvalue weighted by molar-refractivity contribution is 6.30. The smallest absolute Gasteiger partial charge is 0.142 e. The molecule has 0 unspecified atom stereocenters. The van der Waals surface area contributed by atoms with Crippen LogP contribution >= 0.6 is 11.6 Å². The van der Waals surface area contributed by atoms with Crippen molar-refractivity contribution in [1.29, 1.82) is 0 Å². The average Bonchev–Trinajstić information content (AvgIpc) is 2.32. The number of hydrogen-bond acceptors (Lipinski definition) is 3. The van der Waals surface area contributed by atoms with Crippen LogP contribution in [0.15, 0.2) is 18.2 Å². The Kier molecular flexibility index (Phi) is 4.13. The van der Waals surface area contributed by atoms with Crippen LogP contribution in [0.5, 0.6) is 5.75 Å². The van der Waals surface area contributed by atoms with Gasteiger partial charge in [-0.2, -0.15) is 0 Å². The summed E-state index contributed by atoms with van der Waals surface area (Å²) in [6.45, 7) is 0. The standard InChI is InChI=1S/C13H19ClN2O/c1-17-13-7-6-9(14)8-12(13)16-11-5-3-2-4-10(11)15/h6-8,10-11,16H,2-5,15H2,1H3/t10-,11+/m0/s1. The summed E-state index contributed by atoms with van der Waals surface area (Å²) in [6, 6.07) is 6.12. The van der Waals surface area contributed by atoms with Gasteiger partial charge in [-0.25, -0.2) is 0 Å². The monoisotopic (exact) mass is 254 g/mol. The molecule has 0 aromatic heterocycles. The van der Waals surface area contributed by atoms with E-state index in [0.717, 1.165) is 24.3 Å². The predicted molar refractivity (Wildman–Crippen MR) is 71.9 cm³/mol. The first-order valence-corrected chi connectivity index (χ1v) is 6.44. The van der Waals surface area contributed by atoms with Gasteiger partial charge in [0.05, 0.1) is 12.8 Å². The van der Waals surface area contributed by atoms with Gasteiger partial charge in [0.25, 0.3) is 0 Å². The van der Waals surface area contributed by atoms with E-state index in [1.165, 1.54) is 12.8 Å². The molecule has 3 nitrogen and oxygen atoms in total. The SMILES string of the molecule is COc1ccc(Cl)cc1N[C@@H]1CCCC[C@@H]1N. The molecule has 17 heavy (non-hydrogen) atoms. The van der Waals surface area contributed by atoms with Crippen molar-refractivity contribution in [2.24, 2.45) is 5.73 Å². The molecule has 1 aromatic rings. The van der Waals surface area contributed by atoms with E-state index in [1.54, 1.807) is 7.11 Å². The molecule has 0 amide bonds. The first kappa shape index (κ1) is 12.5. The quantitative estimate of drug-likeness (QED) is 0.872. The maximum absolute atomic E-state index is 6.12. The lowest BCUT2D eigenvalue weighted by Crippen LogP contribution is -2.42. The number of nitrogens with one attached hydrogen (secondary N) is 1. The van der Waals surface area contributed by atoms with Crippen molar-refractivity contribution in [3.05, 3.63) is 23.2 Å². The summed E-state index contributed by atoms with van der Waals surface area (Å²) in [7, 11) is 1.66. The van der Waals surface area contributed by atoms with E-state index in [4.69, 9.17) is 22.1 Å². The van der Waals surface area contributed by atoms with Crippen molar-refractivity contribution in [1.82, 2.24) is 0 Å². The van der Waals surface area contributed by atoms with Gasteiger partial charge >= 0.3 is 0 Å². The lowest BCUT2D eigenvalue weighted by atomic mass is 9.91. The Balaban J connectivity index is 2.13. The van der Waals surface area contributed by atoms with E-state index in [-0.39, 0.29) is 6.04 Å². The first-order chi connectivity index (χ1) is 8.20. The Morgan fingerprint density at radius 3 is 2.82 bits per heavy atom. The van der Waals surface area contributed by atoms with Crippen LogP contribution in [-0.2, 0) is 0 Å². The van der Waals surface area contributed by atoms with Crippen LogP contribution in [0, 0.1) is 0 Å². The topological polar surface area (TPSA) is 47.3 Å². The van der Waals surface area contributed by atoms with Gasteiger partial charge < -0.3 is 15.8 Å². The van der Waals surface area contributed by atoms with Crippen LogP contribution in [0.3, 0.4) is 0 Å². The molecule has 0 radical (unpaired) electrons. The number of ether oxygens (including phenoxy) is 1. The van der Waals surface area contributed by atoms with Crippen molar-refractivity contribution >= 4 is 17.3 Å². The van der Waals surface area contributed by atoms with Crippen molar-refractivity contribution < 1.29 is 4.74 Å². The predicted octanol–water partition coefficient (Wildman–Crippen LogP) is 3.03. The van der Waals surface area contributed by atoms with Crippen LogP contribution in [0.4, 0.5) is 5.69 Å². The molecule has 0 saturated heterocycles. The summed E-state index contributed by atoms with van der Waals surface area (Å²) < 4.78 is 5.32. The third-order valence-electron chi connectivity index (χ3n) is 3.32. The molecule has 0 heterocycles. The Hall–Kier alpha value is -0.930. The van der Waals surface area contributed by atoms with Crippen molar-refractivity contribution in [2.45, 2.75) is 37.8 Å². The van der Waals surface area contributed by atoms with Crippen LogP contribution < -0.4 is 15.8 Å². The van der Waals surface area contributed by atoms with Crippen LogP contribution in [-0.4, -0.2) is 19.2 Å². The Morgan fingerprint density at radius 2 is 2.12 bits per heavy atom. The van der Waals surface area contributed by atoms with E-state index in [2.05, 4.69) is 5.32 Å². The zero-order valence-corrected chi connectivity index (χ0v) is 10.8. The molecule has 1 fully saturated rings. The second kappa shape index (κ2) is 5.61. The van der Waals surface area contributed by atoms with Crippen molar-refractivity contribution in [3.63, 3.8) is 0 Å². The minimum atomic E-state index is 0.215. The van der Waals surface area contributed by atoms with Gasteiger partial charge in [-0.1, -0.05) is 24.4 Å². The van der Waals surface area contributed by atoms with E-state index < -0.39 is 0 Å². The van der Waals surface area contributed by atoms with Gasteiger partial charge in [0.15, 0.2) is 0 Å². The molecule has 0 spiro atoms. The summed E-state index contributed by atoms with van der Waals surface area (Å²) >= 11 is 6.00. The van der Waals surface area contributed by atoms with Crippen molar-refractivity contribution in [2.75, 3.05) is 12.4 Å². The second-order valence-electron chi connectivity index (χ2n) is 4.54. The zero-order valence-electron chi connectivity index (χ0n) is 10.1. The number of halogens is 1. The Bertz CT molecular complexity index is 384. The van der Waals surface area contributed by atoms with Crippen LogP contribution in [0.1, 0.15) is 25.7 Å². The molecule has 0 bridgehead atoms. The van der Waals surface area contributed by atoms with Crippen molar-refractivity contribution in [3.8, 4) is 5.75 Å². The minimum absolute atomic E-state index is 0.215. The number of nitrogens with two attached hydrogens (primary N) is 1. The van der Waals surface area contributed by atoms with E-state index in [9.17, 15) is 0 Å². The highest BCUT2D eigenvalue weighted by Gasteiger charge is 2.22. The van der Waals surface area contributed by atoms with Gasteiger partial charge in [-0.05, 0) is 31.0 Å². The van der Waals surface area contributed by atoms with E-state index in [0.29, 0.717) is 11.1 Å². The lowest BCUT2D eigenvalue weighted by Gasteiger charge is -2.30. The number of anilines is 1. The van der Waals surface area contributed by atoms with Gasteiger partial charge in [-0.15, -0.1) is 0 Å². The molecule has 1 aliphatic carbocycles. The normalized spacial score (nSPS) is 24.4. The number of rotatable bonds is 3. The maximum Gasteiger partial charge on any atom is 0.142 e. The molecule has 1 saturated carbocycles. The summed E-state index contributed by atoms with van der Waals surface area (Å²) in [4.78, 5) is 0. The average molecular weight is 255 g/mol. The maximum atomic E-state index is 6.12. The van der Waals surface area contributed by atoms with Crippen LogP contribution in [0.2, 0.25) is 5.02 Å². The molecule has 4 heteroatoms. The molecule has 2 rings (SSSR count). The lowest BCUT2D eigenvalue weighted by molar-refractivity contribution is 0.396. The fraction of sp³-hybridized carbons (Fsp3) is 0.538. The number of hydrogen-bond donors (Lipinski definition) is 2. The Labute approximate surface area is 107 Å². The van der Waals surface area contributed by atoms with Crippen LogP contribution in [0.25, 0.3) is 0 Å². The third kappa shape index (κ3) is 3.05. The summed E-state index contributed by atoms with van der Waals surface area (Å²) in [5.74, 6) is 0.812. The highest BCUT2D eigenvalue weighted by atomic mass is 35.5. The number of benzene rings is 1. The van der Waals surface area contributed by atoms with Gasteiger partial charge in [-0.3, -0.25) is 0 Å². The van der Waals surface area contributed by atoms with E-state index >= 15 is 0 Å². The number of methoxy groups -OCH3 is 1. The first-order valence-electron chi connectivity index (χ1n) is 6.06. The Morgan fingerprint density at radius 1 is 1.35 bits per heavy atom. The molecule has 2 atom stereocenters. The van der Waals surface area contributed by atoms with E-state index in [1.807, 2.05) is 18.2 Å². The molecule has 3 N–H and O–H groups in total. The minimum Gasteiger partial charge on any atom is -0.495 e. The summed E-state index contributed by atoms with van der Waals surface area (Å²) in [5.41, 5.74) is 7.05. The fourth-order valence-corrected chi connectivity index (χ4v) is 2.50. The molecule has 0 aliphatic heterocycles. The zero-order chi connectivity index (χ0) is 12.3. The van der Waals surface area contributed by atoms with Gasteiger partial charge in [0.2, 0.25) is 0 Å². The molecule has 1 aromatic carbocycles. The summed E-state index contributed by atoms with van der Waals surface area (Å²) in [6.07, 6.45) is 4.65. The fourth-order valence-electron chi connectivity index (χ4n) is 2.33. The summed E-state index contributed by atoms with van der Waals surface area (Å²) in [5, 5.41) is 4.16. The second-order valence-corrected chi connectivity index (χ2v) is 4.98. The third-order valence-corrected chi connectivity index (χ3v) is 3.56. The largest absolute Gasteiger partial charge is 0.495 e. The van der Waals surface area contributed by atoms with Gasteiger partial charge in [0.1, 0.15) is 5.75 Å². The highest BCUT2D eigenvalue weighted by Crippen LogP contribution is 2.30.